The van der Waals surface area contributed by atoms with E-state index in [4.69, 9.17) is 76.6 Å². The third-order valence-corrected chi connectivity index (χ3v) is 7.55. The summed E-state index contributed by atoms with van der Waals surface area (Å²) in [5.74, 6) is -1.13. The molecular weight excluding hydrogens is 734 g/mol. The number of hydrogen-bond donors (Lipinski definition) is 18. The number of nitrogens with zero attached hydrogens (tertiary/aromatic N) is 1. The molecule has 1 aliphatic carbocycles. The summed E-state index contributed by atoms with van der Waals surface area (Å²) < 4.78 is 86.3. The van der Waals surface area contributed by atoms with Crippen LogP contribution in [0.1, 0.15) is 6.92 Å². The van der Waals surface area contributed by atoms with Crippen LogP contribution in [-0.4, -0.2) is 199 Å². The number of ether oxygens (including phenoxy) is 4. The molecule has 29 heteroatoms. The highest BCUT2D eigenvalue weighted by Gasteiger charge is 2.60. The maximum Gasteiger partial charge on any atom is 0.394 e. The number of aliphatic hydroxyl groups excluding tert-OH is 7. The topological polar surface area (TPSA) is 486 Å². The van der Waals surface area contributed by atoms with E-state index in [9.17, 15) is 40.9 Å². The van der Waals surface area contributed by atoms with E-state index in [2.05, 4.69) is 15.6 Å². The normalized spacial score (nSPS) is 40.4. The van der Waals surface area contributed by atoms with Crippen molar-refractivity contribution in [3.63, 3.8) is 0 Å². The van der Waals surface area contributed by atoms with Gasteiger partial charge in [0.25, 0.3) is 0 Å². The lowest BCUT2D eigenvalue weighted by Crippen LogP contribution is -2.70. The summed E-state index contributed by atoms with van der Waals surface area (Å²) in [7, 11) is -7.90. The smallest absolute Gasteiger partial charge is 0.394 e. The number of nitrogens with two attached hydrogens (primary N) is 3. The van der Waals surface area contributed by atoms with E-state index in [0.29, 0.717) is 0 Å². The molecule has 0 spiro atoms. The third kappa shape index (κ3) is 12.8. The molecule has 50 heavy (non-hydrogen) atoms. The van der Waals surface area contributed by atoms with Crippen LogP contribution in [0.3, 0.4) is 0 Å². The van der Waals surface area contributed by atoms with Gasteiger partial charge in [0.1, 0.15) is 60.5 Å². The Bertz CT molecular complexity index is 1300. The van der Waals surface area contributed by atoms with Gasteiger partial charge in [0.15, 0.2) is 24.5 Å². The number of aliphatic imine (C=N–C) groups is 1. The Hall–Kier alpha value is -2.24. The van der Waals surface area contributed by atoms with Crippen LogP contribution in [-0.2, 0) is 39.7 Å². The summed E-state index contributed by atoms with van der Waals surface area (Å²) in [6.07, 6.45) is -16.9. The monoisotopic (exact) mass is 779 g/mol. The fourth-order valence-corrected chi connectivity index (χ4v) is 5.22. The minimum Gasteiger partial charge on any atom is -0.394 e. The molecule has 0 aromatic rings. The van der Waals surface area contributed by atoms with Crippen molar-refractivity contribution in [2.45, 2.75) is 98.2 Å². The molecule has 2 heterocycles. The van der Waals surface area contributed by atoms with Crippen molar-refractivity contribution >= 4 is 32.7 Å². The lowest BCUT2D eigenvalue weighted by atomic mass is 9.81. The number of nitrogens with one attached hydrogen (secondary N) is 3. The van der Waals surface area contributed by atoms with Crippen molar-refractivity contribution in [2.75, 3.05) is 20.3 Å². The van der Waals surface area contributed by atoms with Crippen molar-refractivity contribution in [1.29, 1.82) is 5.41 Å². The summed E-state index contributed by atoms with van der Waals surface area (Å²) in [4.78, 5) is 3.75. The van der Waals surface area contributed by atoms with Crippen LogP contribution < -0.4 is 27.8 Å². The molecule has 3 rings (SSSR count). The van der Waals surface area contributed by atoms with Crippen LogP contribution in [0.4, 0.5) is 0 Å². The molecule has 0 aromatic heterocycles. The van der Waals surface area contributed by atoms with Crippen LogP contribution in [0, 0.1) is 5.41 Å². The second-order valence-electron chi connectivity index (χ2n) is 11.0. The zero-order valence-corrected chi connectivity index (χ0v) is 27.8. The lowest BCUT2D eigenvalue weighted by molar-refractivity contribution is -0.318. The predicted molar refractivity (Wildman–Crippen MR) is 162 cm³/mol. The van der Waals surface area contributed by atoms with Crippen molar-refractivity contribution < 1.29 is 94.8 Å². The molecule has 0 radical (unpaired) electrons. The summed E-state index contributed by atoms with van der Waals surface area (Å²) in [5.41, 5.74) is 14.1. The number of likely N-dealkylation sites (N-methyl/N-ethyl adjacent to an activating group) is 1. The van der Waals surface area contributed by atoms with Crippen molar-refractivity contribution in [2.24, 2.45) is 22.2 Å². The fourth-order valence-electron chi connectivity index (χ4n) is 5.22. The van der Waals surface area contributed by atoms with Crippen molar-refractivity contribution in [3.05, 3.63) is 0 Å². The summed E-state index contributed by atoms with van der Waals surface area (Å²) in [6, 6.07) is -3.94. The van der Waals surface area contributed by atoms with Gasteiger partial charge in [-0.3, -0.25) is 23.6 Å². The lowest BCUT2D eigenvalue weighted by Gasteiger charge is -2.46. The van der Waals surface area contributed by atoms with Crippen LogP contribution in [0.2, 0.25) is 0 Å². The summed E-state index contributed by atoms with van der Waals surface area (Å²) >= 11 is 0. The zero-order valence-electron chi connectivity index (χ0n) is 26.1. The molecule has 2 aliphatic heterocycles. The molecule has 21 N–H and O–H groups in total. The molecule has 3 fully saturated rings. The Morgan fingerprint density at radius 3 is 1.78 bits per heavy atom. The van der Waals surface area contributed by atoms with Crippen LogP contribution in [0.15, 0.2) is 4.99 Å². The fraction of sp³-hybridized carbons (Fsp3) is 0.905. The first-order chi connectivity index (χ1) is 22.7. The highest BCUT2D eigenvalue weighted by molar-refractivity contribution is 7.80. The molecule has 1 saturated carbocycles. The maximum absolute atomic E-state index is 11.3. The minimum absolute atomic E-state index is 0.495. The minimum atomic E-state index is -4.67. The van der Waals surface area contributed by atoms with Gasteiger partial charge in [0.05, 0.1) is 31.4 Å². The van der Waals surface area contributed by atoms with Gasteiger partial charge in [-0.25, -0.2) is 4.99 Å². The molecule has 296 valence electrons. The van der Waals surface area contributed by atoms with Gasteiger partial charge in [-0.1, -0.05) is 0 Å². The molecule has 2 saturated heterocycles. The van der Waals surface area contributed by atoms with Crippen LogP contribution >= 0.6 is 0 Å². The van der Waals surface area contributed by atoms with Crippen LogP contribution in [0.25, 0.3) is 0 Å². The first-order valence-electron chi connectivity index (χ1n) is 13.9. The molecule has 0 unspecified atom stereocenters. The second-order valence-corrected chi connectivity index (χ2v) is 12.8. The first kappa shape index (κ1) is 45.8. The van der Waals surface area contributed by atoms with Gasteiger partial charge >= 0.3 is 20.8 Å². The molecule has 27 nitrogen and oxygen atoms in total. The van der Waals surface area contributed by atoms with E-state index in [-0.39, 0.29) is 0 Å². The molecular formula is C21H45N7O20S2. The van der Waals surface area contributed by atoms with Gasteiger partial charge in [-0.2, -0.15) is 16.8 Å². The Labute approximate surface area is 284 Å². The first-order valence-corrected chi connectivity index (χ1v) is 16.7. The van der Waals surface area contributed by atoms with Gasteiger partial charge in [0.2, 0.25) is 0 Å². The molecule has 0 bridgehead atoms. The Kier molecular flexibility index (Phi) is 16.9. The van der Waals surface area contributed by atoms with Gasteiger partial charge in [0, 0.05) is 0 Å². The van der Waals surface area contributed by atoms with Crippen molar-refractivity contribution in [1.82, 2.24) is 10.6 Å². The van der Waals surface area contributed by atoms with E-state index in [1.165, 1.54) is 14.0 Å². The average molecular weight is 780 g/mol. The van der Waals surface area contributed by atoms with E-state index >= 15 is 0 Å². The number of rotatable bonds is 9. The largest absolute Gasteiger partial charge is 0.394 e. The van der Waals surface area contributed by atoms with Gasteiger partial charge < -0.3 is 87.6 Å². The van der Waals surface area contributed by atoms with Crippen molar-refractivity contribution in [3.8, 4) is 0 Å². The number of hydrogen-bond acceptors (Lipinski definition) is 19. The number of aliphatic hydroxyl groups is 8. The van der Waals surface area contributed by atoms with E-state index in [1.807, 2.05) is 0 Å². The standard InChI is InChI=1S/C21H41N7O12.2H2O4S/c1-5-21(36,4-30)16(40-17-9(26-2)13(34)10(31)6(3-29)38-17)18(37-5)39-15-8(28-20(24)25)11(32)7(27-19(22)23)12(33)14(15)35;2*1-5(2,3)4/h5-18,26,29-36H,3-4H2,1-2H3,(H4,22,23,27)(H4,24,25,28);2*(H2,1,2,3,4)/t5-,6-,7+,8-,9-,10-,11+,12-,13-,14+,15+,16-,17-,18-,21+;;/m0../s1. The maximum atomic E-state index is 11.3. The highest BCUT2D eigenvalue weighted by atomic mass is 32.3. The Morgan fingerprint density at radius 1 is 0.840 bits per heavy atom. The van der Waals surface area contributed by atoms with Gasteiger partial charge in [-0.15, -0.1) is 0 Å². The Morgan fingerprint density at radius 2 is 1.36 bits per heavy atom. The Balaban J connectivity index is 0.00000109. The van der Waals surface area contributed by atoms with E-state index < -0.39 is 137 Å². The molecule has 3 aliphatic rings. The predicted octanol–water partition coefficient (Wildman–Crippen LogP) is -9.46. The molecule has 0 aromatic carbocycles. The average Bonchev–Trinajstić information content (AvgIpc) is 3.20. The second kappa shape index (κ2) is 18.5. The quantitative estimate of drug-likeness (QED) is 0.0587. The van der Waals surface area contributed by atoms with E-state index in [1.54, 1.807) is 0 Å². The summed E-state index contributed by atoms with van der Waals surface area (Å²) in [5, 5.41) is 97.0. The highest BCUT2D eigenvalue weighted by Crippen LogP contribution is 2.38. The van der Waals surface area contributed by atoms with Gasteiger partial charge in [-0.05, 0) is 14.0 Å². The molecule has 0 amide bonds. The summed E-state index contributed by atoms with van der Waals surface area (Å²) in [6.45, 7) is -0.205. The SMILES string of the molecule is CN[C@@H]1[C@H](O[C@H]2[C@H](O[C@H]3[C@H](O)[C@@H](O)[C@H](N=C(N)N)[C@@H](O)[C@@H]3NC(=N)N)O[C@@H](C)[C@]2(O)CO)O[C@@H](CO)[C@H](O)[C@H]1O.O=S(=O)(O)O.O=S(=O)(O)O. The molecule has 15 atom stereocenters. The van der Waals surface area contributed by atoms with E-state index in [0.717, 1.165) is 0 Å². The third-order valence-electron chi connectivity index (χ3n) is 7.55. The van der Waals surface area contributed by atoms with Crippen LogP contribution in [0.5, 0.6) is 0 Å². The number of guanidine groups is 2. The zero-order chi connectivity index (χ0) is 39.1.